The number of hydrogen-bond acceptors (Lipinski definition) is 3. The Morgan fingerprint density at radius 1 is 1.07 bits per heavy atom. The van der Waals surface area contributed by atoms with Gasteiger partial charge in [0.05, 0.1) is 7.11 Å². The highest BCUT2D eigenvalue weighted by atomic mass is 16.5. The van der Waals surface area contributed by atoms with Gasteiger partial charge < -0.3 is 15.0 Å². The van der Waals surface area contributed by atoms with Crippen molar-refractivity contribution in [1.82, 2.24) is 10.3 Å². The van der Waals surface area contributed by atoms with Crippen molar-refractivity contribution in [2.75, 3.05) is 13.7 Å². The third kappa shape index (κ3) is 4.97. The highest BCUT2D eigenvalue weighted by Gasteiger charge is 2.05. The van der Waals surface area contributed by atoms with E-state index in [0.717, 1.165) is 34.2 Å². The first-order chi connectivity index (χ1) is 13.0. The fourth-order valence-corrected chi connectivity index (χ4v) is 3.04. The van der Waals surface area contributed by atoms with Gasteiger partial charge in [0.1, 0.15) is 5.75 Å². The number of pyridine rings is 1. The summed E-state index contributed by atoms with van der Waals surface area (Å²) in [5.74, 6) is 0.863. The number of aromatic amines is 1. The Morgan fingerprint density at radius 2 is 1.89 bits per heavy atom. The third-order valence-corrected chi connectivity index (χ3v) is 4.61. The van der Waals surface area contributed by atoms with Crippen LogP contribution >= 0.6 is 0 Å². The Morgan fingerprint density at radius 3 is 2.70 bits per heavy atom. The molecule has 140 valence electrons. The van der Waals surface area contributed by atoms with Crippen LogP contribution in [0.3, 0.4) is 0 Å². The van der Waals surface area contributed by atoms with Crippen molar-refractivity contribution in [3.05, 3.63) is 75.6 Å². The molecule has 5 heteroatoms. The molecule has 3 aromatic rings. The van der Waals surface area contributed by atoms with E-state index in [1.54, 1.807) is 14.0 Å². The molecule has 0 atom stereocenters. The number of carbonyl (C=O) groups excluding carboxylic acids is 1. The lowest BCUT2D eigenvalue weighted by Crippen LogP contribution is -2.25. The van der Waals surface area contributed by atoms with Gasteiger partial charge in [-0.2, -0.15) is 0 Å². The fourth-order valence-electron chi connectivity index (χ4n) is 3.04. The smallest absolute Gasteiger partial charge is 0.251 e. The van der Waals surface area contributed by atoms with Crippen molar-refractivity contribution < 1.29 is 9.53 Å². The van der Waals surface area contributed by atoms with Crippen LogP contribution in [0.4, 0.5) is 0 Å². The average Bonchev–Trinajstić information content (AvgIpc) is 2.67. The second kappa shape index (κ2) is 8.54. The number of ether oxygens (including phenoxy) is 1. The Kier molecular flexibility index (Phi) is 5.91. The van der Waals surface area contributed by atoms with E-state index >= 15 is 0 Å². The molecule has 1 aromatic heterocycles. The summed E-state index contributed by atoms with van der Waals surface area (Å²) < 4.78 is 5.21. The van der Waals surface area contributed by atoms with E-state index in [1.165, 1.54) is 0 Å². The highest BCUT2D eigenvalue weighted by Crippen LogP contribution is 2.15. The number of benzene rings is 2. The van der Waals surface area contributed by atoms with Gasteiger partial charge in [0.25, 0.3) is 5.56 Å². The summed E-state index contributed by atoms with van der Waals surface area (Å²) in [5, 5.41) is 3.95. The molecule has 0 aliphatic rings. The molecule has 0 saturated heterocycles. The van der Waals surface area contributed by atoms with Gasteiger partial charge >= 0.3 is 0 Å². The predicted octanol–water partition coefficient (Wildman–Crippen LogP) is 3.14. The van der Waals surface area contributed by atoms with Crippen LogP contribution in [0.5, 0.6) is 5.75 Å². The number of aromatic nitrogens is 1. The number of methoxy groups -OCH3 is 1. The van der Waals surface area contributed by atoms with Crippen LogP contribution in [0.1, 0.15) is 23.1 Å². The van der Waals surface area contributed by atoms with Crippen molar-refractivity contribution in [2.45, 2.75) is 26.2 Å². The van der Waals surface area contributed by atoms with Gasteiger partial charge in [-0.3, -0.25) is 9.59 Å². The maximum absolute atomic E-state index is 12.1. The van der Waals surface area contributed by atoms with E-state index in [1.807, 2.05) is 48.5 Å². The summed E-state index contributed by atoms with van der Waals surface area (Å²) in [6, 6.07) is 15.6. The molecule has 0 aliphatic heterocycles. The van der Waals surface area contributed by atoms with Gasteiger partial charge in [-0.15, -0.1) is 0 Å². The minimum Gasteiger partial charge on any atom is -0.497 e. The Bertz CT molecular complexity index is 1010. The van der Waals surface area contributed by atoms with E-state index in [2.05, 4.69) is 10.3 Å². The van der Waals surface area contributed by atoms with Gasteiger partial charge in [-0.05, 0) is 66.6 Å². The topological polar surface area (TPSA) is 71.2 Å². The molecule has 0 unspecified atom stereocenters. The number of amides is 1. The molecule has 0 saturated carbocycles. The lowest BCUT2D eigenvalue weighted by atomic mass is 10.1. The molecule has 3 rings (SSSR count). The van der Waals surface area contributed by atoms with Crippen LogP contribution in [0.15, 0.2) is 53.3 Å². The van der Waals surface area contributed by atoms with Crippen molar-refractivity contribution in [3.63, 3.8) is 0 Å². The SMILES string of the molecule is COc1cccc(CCNC(=O)CCc2ccc3[nH]c(=O)c(C)cc3c2)c1. The van der Waals surface area contributed by atoms with Crippen LogP contribution in [0.25, 0.3) is 10.9 Å². The molecular formula is C22H24N2O3. The number of hydrogen-bond donors (Lipinski definition) is 2. The Labute approximate surface area is 158 Å². The van der Waals surface area contributed by atoms with Crippen LogP contribution < -0.4 is 15.6 Å². The van der Waals surface area contributed by atoms with Crippen molar-refractivity contribution in [2.24, 2.45) is 0 Å². The standard InChI is InChI=1S/C22H24N2O3/c1-15-12-18-13-17(6-8-20(18)24-22(15)26)7-9-21(25)23-11-10-16-4-3-5-19(14-16)27-2/h3-6,8,12-14H,7,9-11H2,1-2H3,(H,23,25)(H,24,26). The largest absolute Gasteiger partial charge is 0.497 e. The molecule has 0 fully saturated rings. The van der Waals surface area contributed by atoms with Crippen molar-refractivity contribution in [3.8, 4) is 5.75 Å². The second-order valence-corrected chi connectivity index (χ2v) is 6.65. The first-order valence-electron chi connectivity index (χ1n) is 9.07. The Hall–Kier alpha value is -3.08. The zero-order valence-electron chi connectivity index (χ0n) is 15.7. The number of aryl methyl sites for hydroxylation is 2. The second-order valence-electron chi connectivity index (χ2n) is 6.65. The molecule has 1 amide bonds. The normalized spacial score (nSPS) is 10.7. The molecule has 27 heavy (non-hydrogen) atoms. The number of rotatable bonds is 7. The van der Waals surface area contributed by atoms with Gasteiger partial charge in [0.2, 0.25) is 5.91 Å². The summed E-state index contributed by atoms with van der Waals surface area (Å²) in [4.78, 5) is 26.6. The van der Waals surface area contributed by atoms with Gasteiger partial charge in [-0.1, -0.05) is 18.2 Å². The molecular weight excluding hydrogens is 340 g/mol. The van der Waals surface area contributed by atoms with Crippen LogP contribution in [0.2, 0.25) is 0 Å². The first kappa shape index (κ1) is 18.7. The van der Waals surface area contributed by atoms with Gasteiger partial charge in [0, 0.05) is 24.0 Å². The van der Waals surface area contributed by atoms with E-state index in [-0.39, 0.29) is 11.5 Å². The van der Waals surface area contributed by atoms with Gasteiger partial charge in [0.15, 0.2) is 0 Å². The van der Waals surface area contributed by atoms with E-state index in [4.69, 9.17) is 4.74 Å². The maximum Gasteiger partial charge on any atom is 0.251 e. The zero-order chi connectivity index (χ0) is 19.2. The highest BCUT2D eigenvalue weighted by molar-refractivity contribution is 5.80. The molecule has 1 heterocycles. The van der Waals surface area contributed by atoms with E-state index < -0.39 is 0 Å². The molecule has 2 aromatic carbocycles. The zero-order valence-corrected chi connectivity index (χ0v) is 15.7. The summed E-state index contributed by atoms with van der Waals surface area (Å²) in [5.41, 5.74) is 3.66. The molecule has 2 N–H and O–H groups in total. The molecule has 0 spiro atoms. The van der Waals surface area contributed by atoms with E-state index in [0.29, 0.717) is 24.9 Å². The summed E-state index contributed by atoms with van der Waals surface area (Å²) in [6.45, 7) is 2.39. The van der Waals surface area contributed by atoms with E-state index in [9.17, 15) is 9.59 Å². The first-order valence-corrected chi connectivity index (χ1v) is 9.07. The van der Waals surface area contributed by atoms with Crippen molar-refractivity contribution in [1.29, 1.82) is 0 Å². The number of fused-ring (bicyclic) bond motifs is 1. The van der Waals surface area contributed by atoms with Crippen molar-refractivity contribution >= 4 is 16.8 Å². The molecule has 0 radical (unpaired) electrons. The summed E-state index contributed by atoms with van der Waals surface area (Å²) in [7, 11) is 1.65. The predicted molar refractivity (Wildman–Crippen MR) is 107 cm³/mol. The monoisotopic (exact) mass is 364 g/mol. The van der Waals surface area contributed by atoms with Gasteiger partial charge in [-0.25, -0.2) is 0 Å². The third-order valence-electron chi connectivity index (χ3n) is 4.61. The van der Waals surface area contributed by atoms with Crippen LogP contribution in [-0.2, 0) is 17.6 Å². The number of carbonyl (C=O) groups is 1. The summed E-state index contributed by atoms with van der Waals surface area (Å²) >= 11 is 0. The molecule has 0 bridgehead atoms. The lowest BCUT2D eigenvalue weighted by molar-refractivity contribution is -0.121. The lowest BCUT2D eigenvalue weighted by Gasteiger charge is -2.08. The minimum absolute atomic E-state index is 0.0376. The quantitative estimate of drug-likeness (QED) is 0.677. The maximum atomic E-state index is 12.1. The molecule has 0 aliphatic carbocycles. The fraction of sp³-hybridized carbons (Fsp3) is 0.273. The minimum atomic E-state index is -0.0642. The number of nitrogens with one attached hydrogen (secondary N) is 2. The number of H-pyrrole nitrogens is 1. The Balaban J connectivity index is 1.50. The summed E-state index contributed by atoms with van der Waals surface area (Å²) in [6.07, 6.45) is 1.87. The average molecular weight is 364 g/mol. The van der Waals surface area contributed by atoms with Crippen LogP contribution in [0, 0.1) is 6.92 Å². The van der Waals surface area contributed by atoms with Crippen LogP contribution in [-0.4, -0.2) is 24.5 Å². The molecule has 5 nitrogen and oxygen atoms in total.